The topological polar surface area (TPSA) is 58.9 Å². The molecule has 0 heterocycles. The number of hydrogen-bond donors (Lipinski definition) is 2. The van der Waals surface area contributed by atoms with Crippen molar-refractivity contribution in [3.05, 3.63) is 72.5 Å². The highest BCUT2D eigenvalue weighted by Crippen LogP contribution is 2.30. The van der Waals surface area contributed by atoms with Crippen LogP contribution in [-0.4, -0.2) is 35.6 Å². The highest BCUT2D eigenvalue weighted by Gasteiger charge is 2.09. The molecule has 0 radical (unpaired) electrons. The zero-order chi connectivity index (χ0) is 20.8. The van der Waals surface area contributed by atoms with Crippen LogP contribution in [0.4, 0.5) is 4.39 Å². The minimum absolute atomic E-state index is 0.0536. The molecule has 0 aromatic heterocycles. The van der Waals surface area contributed by atoms with Gasteiger partial charge in [-0.25, -0.2) is 4.39 Å². The van der Waals surface area contributed by atoms with Gasteiger partial charge < -0.3 is 19.7 Å². The van der Waals surface area contributed by atoms with Gasteiger partial charge in [-0.05, 0) is 60.9 Å². The third-order valence-corrected chi connectivity index (χ3v) is 4.51. The van der Waals surface area contributed by atoms with E-state index in [1.165, 1.54) is 6.07 Å². The van der Waals surface area contributed by atoms with Gasteiger partial charge in [-0.15, -0.1) is 0 Å². The fourth-order valence-corrected chi connectivity index (χ4v) is 2.91. The summed E-state index contributed by atoms with van der Waals surface area (Å²) in [6, 6.07) is 19.6. The Morgan fingerprint density at radius 3 is 1.59 bits per heavy atom. The van der Waals surface area contributed by atoms with Gasteiger partial charge in [-0.3, -0.25) is 0 Å². The average Bonchev–Trinajstić information content (AvgIpc) is 2.74. The van der Waals surface area contributed by atoms with Gasteiger partial charge in [0.05, 0.1) is 13.2 Å². The molecule has 0 saturated carbocycles. The molecule has 0 aliphatic heterocycles. The number of halogens is 1. The van der Waals surface area contributed by atoms with Crippen molar-refractivity contribution < 1.29 is 24.1 Å². The first kappa shape index (κ1) is 20.8. The van der Waals surface area contributed by atoms with Crippen LogP contribution < -0.4 is 9.47 Å². The Morgan fingerprint density at radius 2 is 1.14 bits per heavy atom. The molecule has 0 aliphatic carbocycles. The molecule has 2 N–H and O–H groups in total. The predicted octanol–water partition coefficient (Wildman–Crippen LogP) is 4.68. The summed E-state index contributed by atoms with van der Waals surface area (Å²) >= 11 is 0. The lowest BCUT2D eigenvalue weighted by Gasteiger charge is -2.13. The standard InChI is InChI=1S/C24H25FO4/c1-16(14-26)28-21-8-3-18(4-9-21)20-7-12-23(24(25)13-20)19-5-10-22(11-6-19)29-17(2)15-27/h3-13,16-17,26-27H,14-15H2,1-2H3/t16-,17+/m1/s1. The fraction of sp³-hybridized carbons (Fsp3) is 0.250. The maximum atomic E-state index is 14.8. The van der Waals surface area contributed by atoms with Crippen molar-refractivity contribution >= 4 is 0 Å². The molecule has 4 nitrogen and oxygen atoms in total. The van der Waals surface area contributed by atoms with Gasteiger partial charge in [0.2, 0.25) is 0 Å². The van der Waals surface area contributed by atoms with E-state index in [0.29, 0.717) is 17.1 Å². The van der Waals surface area contributed by atoms with Crippen LogP contribution in [0.3, 0.4) is 0 Å². The van der Waals surface area contributed by atoms with Gasteiger partial charge in [0.25, 0.3) is 0 Å². The van der Waals surface area contributed by atoms with Gasteiger partial charge >= 0.3 is 0 Å². The van der Waals surface area contributed by atoms with E-state index in [-0.39, 0.29) is 31.2 Å². The second kappa shape index (κ2) is 9.54. The lowest BCUT2D eigenvalue weighted by molar-refractivity contribution is 0.130. The van der Waals surface area contributed by atoms with Crippen LogP contribution in [-0.2, 0) is 0 Å². The molecular formula is C24H25FO4. The van der Waals surface area contributed by atoms with Crippen LogP contribution in [0, 0.1) is 5.82 Å². The summed E-state index contributed by atoms with van der Waals surface area (Å²) in [5, 5.41) is 18.1. The maximum Gasteiger partial charge on any atom is 0.131 e. The molecule has 3 aromatic carbocycles. The molecule has 0 saturated heterocycles. The van der Waals surface area contributed by atoms with Crippen molar-refractivity contribution in [2.45, 2.75) is 26.1 Å². The Labute approximate surface area is 170 Å². The number of benzene rings is 3. The Hall–Kier alpha value is -2.89. The molecule has 2 atom stereocenters. The largest absolute Gasteiger partial charge is 0.488 e. The third kappa shape index (κ3) is 5.34. The number of rotatable bonds is 8. The van der Waals surface area contributed by atoms with Gasteiger partial charge in [0.15, 0.2) is 0 Å². The van der Waals surface area contributed by atoms with Crippen LogP contribution in [0.25, 0.3) is 22.3 Å². The smallest absolute Gasteiger partial charge is 0.131 e. The number of hydrogen-bond acceptors (Lipinski definition) is 4. The summed E-state index contributed by atoms with van der Waals surface area (Å²) in [4.78, 5) is 0. The van der Waals surface area contributed by atoms with Crippen molar-refractivity contribution in [3.8, 4) is 33.8 Å². The Balaban J connectivity index is 1.76. The summed E-state index contributed by atoms with van der Waals surface area (Å²) in [7, 11) is 0. The molecular weight excluding hydrogens is 371 g/mol. The number of aliphatic hydroxyl groups excluding tert-OH is 2. The third-order valence-electron chi connectivity index (χ3n) is 4.51. The second-order valence-electron chi connectivity index (χ2n) is 6.97. The predicted molar refractivity (Wildman–Crippen MR) is 112 cm³/mol. The zero-order valence-electron chi connectivity index (χ0n) is 16.5. The van der Waals surface area contributed by atoms with Gasteiger partial charge in [0, 0.05) is 5.56 Å². The molecule has 0 bridgehead atoms. The van der Waals surface area contributed by atoms with E-state index in [1.54, 1.807) is 56.3 Å². The summed E-state index contributed by atoms with van der Waals surface area (Å²) in [5.41, 5.74) is 2.90. The van der Waals surface area contributed by atoms with Gasteiger partial charge in [-0.1, -0.05) is 36.4 Å². The SMILES string of the molecule is C[C@H](CO)Oc1ccc(-c2ccc(-c3ccc(O[C@@H](C)CO)cc3)c(F)c2)cc1. The van der Waals surface area contributed by atoms with E-state index in [9.17, 15) is 4.39 Å². The maximum absolute atomic E-state index is 14.8. The molecule has 5 heteroatoms. The van der Waals surface area contributed by atoms with E-state index in [2.05, 4.69) is 0 Å². The van der Waals surface area contributed by atoms with E-state index < -0.39 is 0 Å². The van der Waals surface area contributed by atoms with Crippen molar-refractivity contribution in [1.29, 1.82) is 0 Å². The summed E-state index contributed by atoms with van der Waals surface area (Å²) < 4.78 is 25.8. The molecule has 0 aliphatic rings. The molecule has 152 valence electrons. The lowest BCUT2D eigenvalue weighted by atomic mass is 9.99. The first-order chi connectivity index (χ1) is 14.0. The van der Waals surface area contributed by atoms with Crippen molar-refractivity contribution in [1.82, 2.24) is 0 Å². The van der Waals surface area contributed by atoms with E-state index >= 15 is 0 Å². The summed E-state index contributed by atoms with van der Waals surface area (Å²) in [6.45, 7) is 3.44. The Kier molecular flexibility index (Phi) is 6.86. The Bertz CT molecular complexity index is 923. The van der Waals surface area contributed by atoms with Crippen LogP contribution in [0.2, 0.25) is 0 Å². The van der Waals surface area contributed by atoms with E-state index in [0.717, 1.165) is 16.7 Å². The average molecular weight is 396 g/mol. The Morgan fingerprint density at radius 1 is 0.690 bits per heavy atom. The first-order valence-electron chi connectivity index (χ1n) is 9.55. The molecule has 3 rings (SSSR count). The van der Waals surface area contributed by atoms with Crippen LogP contribution in [0.5, 0.6) is 11.5 Å². The van der Waals surface area contributed by atoms with Gasteiger partial charge in [0.1, 0.15) is 29.5 Å². The van der Waals surface area contributed by atoms with Gasteiger partial charge in [-0.2, -0.15) is 0 Å². The normalized spacial score (nSPS) is 13.0. The highest BCUT2D eigenvalue weighted by molar-refractivity contribution is 5.71. The summed E-state index contributed by atoms with van der Waals surface area (Å²) in [5.74, 6) is 0.976. The van der Waals surface area contributed by atoms with E-state index in [1.807, 2.05) is 18.2 Å². The quantitative estimate of drug-likeness (QED) is 0.581. The number of aliphatic hydroxyl groups is 2. The van der Waals surface area contributed by atoms with E-state index in [4.69, 9.17) is 19.7 Å². The summed E-state index contributed by atoms with van der Waals surface area (Å²) in [6.07, 6.45) is -0.568. The molecule has 0 fully saturated rings. The van der Waals surface area contributed by atoms with Crippen molar-refractivity contribution in [2.75, 3.05) is 13.2 Å². The molecule has 3 aromatic rings. The zero-order valence-corrected chi connectivity index (χ0v) is 16.5. The first-order valence-corrected chi connectivity index (χ1v) is 9.55. The fourth-order valence-electron chi connectivity index (χ4n) is 2.91. The molecule has 0 amide bonds. The van der Waals surface area contributed by atoms with Crippen LogP contribution in [0.15, 0.2) is 66.7 Å². The molecule has 29 heavy (non-hydrogen) atoms. The lowest BCUT2D eigenvalue weighted by Crippen LogP contribution is -2.15. The minimum Gasteiger partial charge on any atom is -0.488 e. The monoisotopic (exact) mass is 396 g/mol. The van der Waals surface area contributed by atoms with Crippen molar-refractivity contribution in [2.24, 2.45) is 0 Å². The second-order valence-corrected chi connectivity index (χ2v) is 6.97. The number of ether oxygens (including phenoxy) is 2. The highest BCUT2D eigenvalue weighted by atomic mass is 19.1. The van der Waals surface area contributed by atoms with Crippen LogP contribution in [0.1, 0.15) is 13.8 Å². The molecule has 0 unspecified atom stereocenters. The van der Waals surface area contributed by atoms with Crippen LogP contribution >= 0.6 is 0 Å². The minimum atomic E-state index is -0.311. The molecule has 0 spiro atoms. The van der Waals surface area contributed by atoms with Crippen molar-refractivity contribution in [3.63, 3.8) is 0 Å².